The molecular formula is C22H28N4O4. The summed E-state index contributed by atoms with van der Waals surface area (Å²) in [6.45, 7) is 5.90. The van der Waals surface area contributed by atoms with Gasteiger partial charge in [-0.25, -0.2) is 0 Å². The molecule has 2 saturated heterocycles. The molecule has 2 fully saturated rings. The number of aromatic nitrogens is 3. The van der Waals surface area contributed by atoms with Crippen molar-refractivity contribution >= 4 is 5.91 Å². The van der Waals surface area contributed by atoms with Crippen LogP contribution in [-0.4, -0.2) is 51.9 Å². The summed E-state index contributed by atoms with van der Waals surface area (Å²) in [4.78, 5) is 34.6. The number of hydrogen-bond acceptors (Lipinski definition) is 6. The van der Waals surface area contributed by atoms with Crippen LogP contribution >= 0.6 is 0 Å². The molecule has 8 heteroatoms. The monoisotopic (exact) mass is 412 g/mol. The largest absolute Gasteiger partial charge is 0.381 e. The third kappa shape index (κ3) is 4.44. The van der Waals surface area contributed by atoms with Crippen LogP contribution in [0.3, 0.4) is 0 Å². The summed E-state index contributed by atoms with van der Waals surface area (Å²) < 4.78 is 13.0. The first-order valence-corrected chi connectivity index (χ1v) is 10.5. The molecule has 2 aliphatic rings. The normalized spacial score (nSPS) is 20.8. The van der Waals surface area contributed by atoms with Crippen molar-refractivity contribution in [3.05, 3.63) is 57.5 Å². The first kappa shape index (κ1) is 20.7. The van der Waals surface area contributed by atoms with Gasteiger partial charge >= 0.3 is 0 Å². The van der Waals surface area contributed by atoms with E-state index in [0.717, 1.165) is 31.4 Å². The molecule has 4 rings (SSSR count). The molecule has 0 bridgehead atoms. The number of carbonyl (C=O) groups is 1. The molecule has 4 heterocycles. The van der Waals surface area contributed by atoms with E-state index in [2.05, 4.69) is 15.3 Å². The molecule has 1 atom stereocenters. The molecule has 2 aromatic rings. The average Bonchev–Trinajstić information content (AvgIpc) is 2.72. The van der Waals surface area contributed by atoms with Crippen molar-refractivity contribution in [2.24, 2.45) is 0 Å². The Hall–Kier alpha value is -2.58. The number of ether oxygens (including phenoxy) is 2. The van der Waals surface area contributed by atoms with Gasteiger partial charge in [-0.05, 0) is 51.2 Å². The highest BCUT2D eigenvalue weighted by Gasteiger charge is 2.39. The van der Waals surface area contributed by atoms with E-state index in [-0.39, 0.29) is 35.2 Å². The van der Waals surface area contributed by atoms with E-state index in [4.69, 9.17) is 9.47 Å². The molecule has 1 N–H and O–H groups in total. The van der Waals surface area contributed by atoms with Crippen LogP contribution in [0.2, 0.25) is 0 Å². The maximum Gasteiger partial charge on any atom is 0.264 e. The minimum absolute atomic E-state index is 0.0141. The molecule has 2 aromatic heterocycles. The van der Waals surface area contributed by atoms with Crippen LogP contribution in [0.1, 0.15) is 53.0 Å². The summed E-state index contributed by atoms with van der Waals surface area (Å²) in [5.74, 6) is -0.323. The van der Waals surface area contributed by atoms with Gasteiger partial charge in [0.05, 0.1) is 29.7 Å². The Balaban J connectivity index is 1.50. The number of aryl methyl sites for hydroxylation is 2. The second-order valence-electron chi connectivity index (χ2n) is 8.26. The lowest BCUT2D eigenvalue weighted by molar-refractivity contribution is -0.139. The Bertz CT molecular complexity index is 959. The molecule has 30 heavy (non-hydrogen) atoms. The number of nitrogens with one attached hydrogen (secondary N) is 1. The fraction of sp³-hybridized carbons (Fsp3) is 0.545. The minimum Gasteiger partial charge on any atom is -0.381 e. The number of nitrogens with zero attached hydrogens (tertiary/aromatic N) is 3. The van der Waals surface area contributed by atoms with Crippen LogP contribution in [0.5, 0.6) is 0 Å². The Morgan fingerprint density at radius 3 is 2.77 bits per heavy atom. The quantitative estimate of drug-likeness (QED) is 0.822. The van der Waals surface area contributed by atoms with Gasteiger partial charge < -0.3 is 19.4 Å². The van der Waals surface area contributed by atoms with E-state index < -0.39 is 0 Å². The fourth-order valence-electron chi connectivity index (χ4n) is 4.24. The van der Waals surface area contributed by atoms with Gasteiger partial charge in [0.15, 0.2) is 0 Å². The molecule has 1 unspecified atom stereocenters. The first-order chi connectivity index (χ1) is 14.5. The Morgan fingerprint density at radius 2 is 2.03 bits per heavy atom. The number of rotatable bonds is 4. The third-order valence-electron chi connectivity index (χ3n) is 6.00. The second-order valence-corrected chi connectivity index (χ2v) is 8.26. The zero-order valence-electron chi connectivity index (χ0n) is 17.5. The highest BCUT2D eigenvalue weighted by Crippen LogP contribution is 2.34. The molecule has 1 spiro atoms. The van der Waals surface area contributed by atoms with Gasteiger partial charge in [-0.1, -0.05) is 0 Å². The van der Waals surface area contributed by atoms with Gasteiger partial charge in [0, 0.05) is 38.3 Å². The summed E-state index contributed by atoms with van der Waals surface area (Å²) in [6.07, 6.45) is 8.19. The highest BCUT2D eigenvalue weighted by atomic mass is 16.5. The zero-order chi connectivity index (χ0) is 21.1. The lowest BCUT2D eigenvalue weighted by atomic mass is 9.84. The minimum atomic E-state index is -0.323. The van der Waals surface area contributed by atoms with E-state index in [1.807, 2.05) is 6.92 Å². The van der Waals surface area contributed by atoms with Crippen molar-refractivity contribution in [3.8, 4) is 0 Å². The topological polar surface area (TPSA) is 95.3 Å². The number of carbonyl (C=O) groups excluding carboxylic acids is 1. The predicted molar refractivity (Wildman–Crippen MR) is 111 cm³/mol. The Labute approximate surface area is 175 Å². The maximum atomic E-state index is 13.1. The van der Waals surface area contributed by atoms with Gasteiger partial charge in [0.25, 0.3) is 11.5 Å². The number of amides is 1. The number of pyridine rings is 1. The lowest BCUT2D eigenvalue weighted by Crippen LogP contribution is -2.51. The van der Waals surface area contributed by atoms with Crippen LogP contribution < -0.4 is 10.9 Å². The van der Waals surface area contributed by atoms with Gasteiger partial charge in [-0.3, -0.25) is 19.6 Å². The molecule has 160 valence electrons. The summed E-state index contributed by atoms with van der Waals surface area (Å²) in [6, 6.07) is 1.78. The van der Waals surface area contributed by atoms with Crippen LogP contribution in [0.25, 0.3) is 0 Å². The Kier molecular flexibility index (Phi) is 5.97. The van der Waals surface area contributed by atoms with Gasteiger partial charge in [-0.2, -0.15) is 0 Å². The smallest absolute Gasteiger partial charge is 0.264 e. The molecular weight excluding hydrogens is 384 g/mol. The molecule has 8 nitrogen and oxygen atoms in total. The van der Waals surface area contributed by atoms with Crippen LogP contribution in [0, 0.1) is 13.8 Å². The highest BCUT2D eigenvalue weighted by molar-refractivity contribution is 5.95. The summed E-state index contributed by atoms with van der Waals surface area (Å²) in [7, 11) is 0. The summed E-state index contributed by atoms with van der Waals surface area (Å²) in [5, 5.41) is 3.09. The van der Waals surface area contributed by atoms with Crippen LogP contribution in [0.15, 0.2) is 29.5 Å². The molecule has 0 saturated carbocycles. The van der Waals surface area contributed by atoms with Crippen LogP contribution in [0.4, 0.5) is 0 Å². The van der Waals surface area contributed by atoms with Gasteiger partial charge in [0.1, 0.15) is 5.56 Å². The van der Waals surface area contributed by atoms with E-state index in [1.165, 1.54) is 4.57 Å². The molecule has 0 aromatic carbocycles. The van der Waals surface area contributed by atoms with Crippen molar-refractivity contribution in [2.45, 2.75) is 57.7 Å². The third-order valence-corrected chi connectivity index (χ3v) is 6.00. The standard InChI is InChI=1S/C22H28N4O4/c1-15-3-7-26(14-18-13-23-16(2)12-24-18)21(28)19(15)20(27)25-17-4-8-30-22(11-17)5-9-29-10-6-22/h3,7,12-13,17H,4-6,8-11,14H2,1-2H3,(H,25,27). The molecule has 1 amide bonds. The molecule has 0 aliphatic carbocycles. The average molecular weight is 412 g/mol. The van der Waals surface area contributed by atoms with Crippen molar-refractivity contribution in [3.63, 3.8) is 0 Å². The van der Waals surface area contributed by atoms with E-state index in [1.54, 1.807) is 31.6 Å². The molecule has 2 aliphatic heterocycles. The van der Waals surface area contributed by atoms with E-state index in [9.17, 15) is 9.59 Å². The van der Waals surface area contributed by atoms with E-state index >= 15 is 0 Å². The lowest BCUT2D eigenvalue weighted by Gasteiger charge is -2.43. The van der Waals surface area contributed by atoms with Crippen LogP contribution in [-0.2, 0) is 16.0 Å². The predicted octanol–water partition coefficient (Wildman–Crippen LogP) is 1.76. The molecule has 0 radical (unpaired) electrons. The zero-order valence-corrected chi connectivity index (χ0v) is 17.5. The summed E-state index contributed by atoms with van der Waals surface area (Å²) in [5.41, 5.74) is 1.80. The van der Waals surface area contributed by atoms with Gasteiger partial charge in [0.2, 0.25) is 0 Å². The Morgan fingerprint density at radius 1 is 1.23 bits per heavy atom. The fourth-order valence-corrected chi connectivity index (χ4v) is 4.24. The summed E-state index contributed by atoms with van der Waals surface area (Å²) >= 11 is 0. The number of hydrogen-bond donors (Lipinski definition) is 1. The van der Waals surface area contributed by atoms with Gasteiger partial charge in [-0.15, -0.1) is 0 Å². The van der Waals surface area contributed by atoms with E-state index in [0.29, 0.717) is 31.1 Å². The first-order valence-electron chi connectivity index (χ1n) is 10.5. The maximum absolute atomic E-state index is 13.1. The van der Waals surface area contributed by atoms with Crippen molar-refractivity contribution in [1.82, 2.24) is 19.9 Å². The van der Waals surface area contributed by atoms with Crippen molar-refractivity contribution < 1.29 is 14.3 Å². The SMILES string of the molecule is Cc1cnc(Cn2ccc(C)c(C(=O)NC3CCOC4(CCOCC4)C3)c2=O)cn1. The van der Waals surface area contributed by atoms with Crippen molar-refractivity contribution in [2.75, 3.05) is 19.8 Å². The van der Waals surface area contributed by atoms with Crippen molar-refractivity contribution in [1.29, 1.82) is 0 Å². The second kappa shape index (κ2) is 8.65.